The lowest BCUT2D eigenvalue weighted by Crippen LogP contribution is -2.34. The van der Waals surface area contributed by atoms with Crippen molar-refractivity contribution in [2.24, 2.45) is 0 Å². The molecule has 1 aliphatic carbocycles. The second-order valence-electron chi connectivity index (χ2n) is 6.05. The summed E-state index contributed by atoms with van der Waals surface area (Å²) >= 11 is 0. The first-order chi connectivity index (χ1) is 10.3. The van der Waals surface area contributed by atoms with Gasteiger partial charge in [0.15, 0.2) is 0 Å². The summed E-state index contributed by atoms with van der Waals surface area (Å²) in [5.74, 6) is 0. The van der Waals surface area contributed by atoms with E-state index in [1.807, 2.05) is 6.08 Å². The van der Waals surface area contributed by atoms with Crippen molar-refractivity contribution >= 4 is 0 Å². The lowest BCUT2D eigenvalue weighted by molar-refractivity contribution is 0.370. The van der Waals surface area contributed by atoms with Gasteiger partial charge in [0.1, 0.15) is 0 Å². The third-order valence-electron chi connectivity index (χ3n) is 4.54. The molecule has 21 heavy (non-hydrogen) atoms. The Morgan fingerprint density at radius 1 is 1.10 bits per heavy atom. The van der Waals surface area contributed by atoms with Gasteiger partial charge in [-0.1, -0.05) is 81.2 Å². The molecule has 1 aliphatic rings. The Labute approximate surface area is 130 Å². The Hall–Kier alpha value is -1.34. The summed E-state index contributed by atoms with van der Waals surface area (Å²) in [5.41, 5.74) is 2.62. The standard InChI is InChI=1S/C20H29N/c1-3-17(4-2)20(18-13-9-8-10-14-18)21-19-15-11-6-5-7-12-16-19/h3-4,8-10,13-14,19-21H,1,5-7,11-12,15-16H2,2H3. The molecule has 1 heteroatoms. The summed E-state index contributed by atoms with van der Waals surface area (Å²) in [6.07, 6.45) is 13.7. The van der Waals surface area contributed by atoms with Crippen LogP contribution in [0.25, 0.3) is 0 Å². The van der Waals surface area contributed by atoms with Gasteiger partial charge in [0, 0.05) is 6.04 Å². The van der Waals surface area contributed by atoms with Gasteiger partial charge in [0.05, 0.1) is 6.04 Å². The van der Waals surface area contributed by atoms with E-state index in [0.717, 1.165) is 0 Å². The maximum absolute atomic E-state index is 4.00. The van der Waals surface area contributed by atoms with Crippen LogP contribution in [0.1, 0.15) is 63.5 Å². The lowest BCUT2D eigenvalue weighted by Gasteiger charge is -2.28. The van der Waals surface area contributed by atoms with Gasteiger partial charge in [0.25, 0.3) is 0 Å². The zero-order valence-electron chi connectivity index (χ0n) is 13.4. The normalized spacial score (nSPS) is 19.6. The molecule has 0 heterocycles. The van der Waals surface area contributed by atoms with E-state index in [1.165, 1.54) is 56.1 Å². The summed E-state index contributed by atoms with van der Waals surface area (Å²) in [6.45, 7) is 6.10. The second kappa shape index (κ2) is 8.84. The Morgan fingerprint density at radius 3 is 2.29 bits per heavy atom. The minimum atomic E-state index is 0.276. The van der Waals surface area contributed by atoms with Crippen LogP contribution in [0.15, 0.2) is 54.6 Å². The molecule has 0 aliphatic heterocycles. The molecule has 0 saturated heterocycles. The SMILES string of the molecule is C=CC(=CC)C(NC1CCCCCCC1)c1ccccc1. The molecular weight excluding hydrogens is 254 g/mol. The summed E-state index contributed by atoms with van der Waals surface area (Å²) in [6, 6.07) is 11.7. The molecule has 1 aromatic carbocycles. The highest BCUT2D eigenvalue weighted by Gasteiger charge is 2.19. The smallest absolute Gasteiger partial charge is 0.0575 e. The molecule has 0 spiro atoms. The van der Waals surface area contributed by atoms with Gasteiger partial charge in [-0.2, -0.15) is 0 Å². The van der Waals surface area contributed by atoms with E-state index in [9.17, 15) is 0 Å². The Kier molecular flexibility index (Phi) is 6.75. The Balaban J connectivity index is 2.13. The predicted molar refractivity (Wildman–Crippen MR) is 92.4 cm³/mol. The first kappa shape index (κ1) is 16.0. The molecule has 1 N–H and O–H groups in total. The van der Waals surface area contributed by atoms with Crippen molar-refractivity contribution in [3.05, 3.63) is 60.2 Å². The molecule has 1 aromatic rings. The van der Waals surface area contributed by atoms with E-state index in [4.69, 9.17) is 0 Å². The van der Waals surface area contributed by atoms with Gasteiger partial charge in [-0.25, -0.2) is 0 Å². The molecule has 1 saturated carbocycles. The first-order valence-corrected chi connectivity index (χ1v) is 8.44. The highest BCUT2D eigenvalue weighted by atomic mass is 15.0. The molecule has 0 bridgehead atoms. The van der Waals surface area contributed by atoms with Crippen LogP contribution in [0.3, 0.4) is 0 Å². The number of hydrogen-bond acceptors (Lipinski definition) is 1. The van der Waals surface area contributed by atoms with Crippen molar-refractivity contribution < 1.29 is 0 Å². The largest absolute Gasteiger partial charge is 0.303 e. The molecule has 0 radical (unpaired) electrons. The Morgan fingerprint density at radius 2 is 1.71 bits per heavy atom. The third-order valence-corrected chi connectivity index (χ3v) is 4.54. The monoisotopic (exact) mass is 283 g/mol. The predicted octanol–water partition coefficient (Wildman–Crippen LogP) is 5.56. The average molecular weight is 283 g/mol. The zero-order valence-corrected chi connectivity index (χ0v) is 13.4. The number of benzene rings is 1. The summed E-state index contributed by atoms with van der Waals surface area (Å²) in [7, 11) is 0. The fourth-order valence-electron chi connectivity index (χ4n) is 3.29. The second-order valence-corrected chi connectivity index (χ2v) is 6.05. The Bertz CT molecular complexity index is 438. The van der Waals surface area contributed by atoms with Gasteiger partial charge in [-0.15, -0.1) is 0 Å². The van der Waals surface area contributed by atoms with E-state index in [2.05, 4.69) is 55.2 Å². The van der Waals surface area contributed by atoms with Crippen molar-refractivity contribution in [2.45, 2.75) is 64.0 Å². The number of allylic oxidation sites excluding steroid dienone is 1. The van der Waals surface area contributed by atoms with Gasteiger partial charge < -0.3 is 5.32 Å². The van der Waals surface area contributed by atoms with Crippen molar-refractivity contribution in [2.75, 3.05) is 0 Å². The number of hydrogen-bond donors (Lipinski definition) is 1. The summed E-state index contributed by atoms with van der Waals surface area (Å²) < 4.78 is 0. The highest BCUT2D eigenvalue weighted by Crippen LogP contribution is 2.26. The number of rotatable bonds is 5. The van der Waals surface area contributed by atoms with Crippen LogP contribution in [-0.4, -0.2) is 6.04 Å². The van der Waals surface area contributed by atoms with Crippen molar-refractivity contribution in [3.8, 4) is 0 Å². The third kappa shape index (κ3) is 4.86. The van der Waals surface area contributed by atoms with E-state index < -0.39 is 0 Å². The summed E-state index contributed by atoms with van der Waals surface area (Å²) in [4.78, 5) is 0. The molecular formula is C20H29N. The molecule has 0 aromatic heterocycles. The maximum Gasteiger partial charge on any atom is 0.0575 e. The quantitative estimate of drug-likeness (QED) is 0.697. The van der Waals surface area contributed by atoms with E-state index in [0.29, 0.717) is 6.04 Å². The van der Waals surface area contributed by atoms with Crippen LogP contribution >= 0.6 is 0 Å². The van der Waals surface area contributed by atoms with Crippen LogP contribution in [0.2, 0.25) is 0 Å². The maximum atomic E-state index is 4.00. The topological polar surface area (TPSA) is 12.0 Å². The highest BCUT2D eigenvalue weighted by molar-refractivity contribution is 5.33. The molecule has 1 atom stereocenters. The summed E-state index contributed by atoms with van der Waals surface area (Å²) in [5, 5.41) is 3.90. The molecule has 2 rings (SSSR count). The van der Waals surface area contributed by atoms with Crippen LogP contribution in [0.5, 0.6) is 0 Å². The molecule has 1 fully saturated rings. The lowest BCUT2D eigenvalue weighted by atomic mass is 9.93. The van der Waals surface area contributed by atoms with Crippen LogP contribution in [0, 0.1) is 0 Å². The number of nitrogens with one attached hydrogen (secondary N) is 1. The van der Waals surface area contributed by atoms with Gasteiger partial charge in [-0.05, 0) is 30.9 Å². The van der Waals surface area contributed by atoms with E-state index in [1.54, 1.807) is 0 Å². The molecule has 1 unspecified atom stereocenters. The fourth-order valence-corrected chi connectivity index (χ4v) is 3.29. The van der Waals surface area contributed by atoms with Crippen LogP contribution in [0.4, 0.5) is 0 Å². The van der Waals surface area contributed by atoms with Gasteiger partial charge in [-0.3, -0.25) is 0 Å². The minimum Gasteiger partial charge on any atom is -0.303 e. The van der Waals surface area contributed by atoms with Crippen LogP contribution < -0.4 is 5.32 Å². The van der Waals surface area contributed by atoms with E-state index in [-0.39, 0.29) is 6.04 Å². The average Bonchev–Trinajstić information content (AvgIpc) is 2.50. The molecule has 0 amide bonds. The van der Waals surface area contributed by atoms with Crippen molar-refractivity contribution in [1.29, 1.82) is 0 Å². The molecule has 114 valence electrons. The van der Waals surface area contributed by atoms with Crippen molar-refractivity contribution in [3.63, 3.8) is 0 Å². The fraction of sp³-hybridized carbons (Fsp3) is 0.500. The zero-order chi connectivity index (χ0) is 14.9. The van der Waals surface area contributed by atoms with Crippen molar-refractivity contribution in [1.82, 2.24) is 5.32 Å². The minimum absolute atomic E-state index is 0.276. The van der Waals surface area contributed by atoms with E-state index >= 15 is 0 Å². The van der Waals surface area contributed by atoms with Gasteiger partial charge >= 0.3 is 0 Å². The van der Waals surface area contributed by atoms with Gasteiger partial charge in [0.2, 0.25) is 0 Å². The first-order valence-electron chi connectivity index (χ1n) is 8.44. The molecule has 1 nitrogen and oxygen atoms in total. The van der Waals surface area contributed by atoms with Crippen LogP contribution in [-0.2, 0) is 0 Å².